The molecule has 0 fully saturated rings. The van der Waals surface area contributed by atoms with E-state index >= 15 is 0 Å². The van der Waals surface area contributed by atoms with Gasteiger partial charge < -0.3 is 5.32 Å². The molecule has 20 heavy (non-hydrogen) atoms. The number of carbonyl (C=O) groups is 1. The highest BCUT2D eigenvalue weighted by molar-refractivity contribution is 6.33. The monoisotopic (exact) mass is 297 g/mol. The van der Waals surface area contributed by atoms with E-state index in [9.17, 15) is 4.79 Å². The first kappa shape index (κ1) is 16.9. The Morgan fingerprint density at radius 3 is 2.65 bits per heavy atom. The number of aromatic nitrogens is 2. The summed E-state index contributed by atoms with van der Waals surface area (Å²) in [6.45, 7) is 8.14. The summed E-state index contributed by atoms with van der Waals surface area (Å²) in [6.07, 6.45) is 5.95. The van der Waals surface area contributed by atoms with Gasteiger partial charge in [-0.2, -0.15) is 0 Å². The molecular formula is C15H24ClN3O. The van der Waals surface area contributed by atoms with Crippen LogP contribution in [0.5, 0.6) is 0 Å². The quantitative estimate of drug-likeness (QED) is 0.775. The Kier molecular flexibility index (Phi) is 6.93. The van der Waals surface area contributed by atoms with Gasteiger partial charge in [-0.15, -0.1) is 0 Å². The number of hydrogen-bond donors (Lipinski definition) is 1. The number of carbonyl (C=O) groups excluding carboxylic acids is 1. The summed E-state index contributed by atoms with van der Waals surface area (Å²) in [5.41, 5.74) is 0.271. The van der Waals surface area contributed by atoms with Gasteiger partial charge >= 0.3 is 0 Å². The van der Waals surface area contributed by atoms with Crippen molar-refractivity contribution in [1.29, 1.82) is 0 Å². The van der Waals surface area contributed by atoms with Gasteiger partial charge in [0.15, 0.2) is 0 Å². The van der Waals surface area contributed by atoms with Crippen LogP contribution in [0.3, 0.4) is 0 Å². The van der Waals surface area contributed by atoms with Crippen LogP contribution in [0.25, 0.3) is 0 Å². The predicted molar refractivity (Wildman–Crippen MR) is 82.2 cm³/mol. The molecule has 0 spiro atoms. The number of nitrogens with one attached hydrogen (secondary N) is 1. The minimum absolute atomic E-state index is 0.127. The van der Waals surface area contributed by atoms with E-state index in [1.807, 2.05) is 20.8 Å². The lowest BCUT2D eigenvalue weighted by atomic mass is 10.1. The van der Waals surface area contributed by atoms with Crippen molar-refractivity contribution < 1.29 is 4.79 Å². The van der Waals surface area contributed by atoms with Gasteiger partial charge in [-0.1, -0.05) is 51.6 Å². The Balaban J connectivity index is 2.69. The Labute approximate surface area is 126 Å². The SMILES string of the molecule is CCCCCC(C)NC(=O)c1nc(C(C)C)ncc1Cl. The normalized spacial score (nSPS) is 12.5. The van der Waals surface area contributed by atoms with Crippen molar-refractivity contribution in [2.75, 3.05) is 0 Å². The van der Waals surface area contributed by atoms with Crippen molar-refractivity contribution in [3.05, 3.63) is 22.7 Å². The molecule has 0 saturated heterocycles. The summed E-state index contributed by atoms with van der Waals surface area (Å²) in [5, 5.41) is 3.25. The molecule has 0 aliphatic rings. The summed E-state index contributed by atoms with van der Waals surface area (Å²) in [5.74, 6) is 0.585. The third-order valence-electron chi connectivity index (χ3n) is 3.11. The maximum absolute atomic E-state index is 12.2. The molecule has 1 unspecified atom stereocenters. The standard InChI is InChI=1S/C15H24ClN3O/c1-5-6-7-8-11(4)18-15(20)13-12(16)9-17-14(19-13)10(2)3/h9-11H,5-8H2,1-4H3,(H,18,20). The molecule has 112 valence electrons. The fourth-order valence-corrected chi connectivity index (χ4v) is 2.06. The van der Waals surface area contributed by atoms with Crippen molar-refractivity contribution >= 4 is 17.5 Å². The van der Waals surface area contributed by atoms with Crippen LogP contribution in [0.2, 0.25) is 5.02 Å². The molecule has 1 heterocycles. The Morgan fingerprint density at radius 2 is 2.05 bits per heavy atom. The minimum Gasteiger partial charge on any atom is -0.348 e. The molecular weight excluding hydrogens is 274 g/mol. The second-order valence-electron chi connectivity index (χ2n) is 5.45. The molecule has 4 nitrogen and oxygen atoms in total. The smallest absolute Gasteiger partial charge is 0.271 e. The zero-order valence-corrected chi connectivity index (χ0v) is 13.5. The van der Waals surface area contributed by atoms with Gasteiger partial charge in [0.05, 0.1) is 11.2 Å². The van der Waals surface area contributed by atoms with Crippen LogP contribution >= 0.6 is 11.6 Å². The van der Waals surface area contributed by atoms with E-state index in [-0.39, 0.29) is 23.6 Å². The lowest BCUT2D eigenvalue weighted by Gasteiger charge is -2.14. The first-order valence-corrected chi connectivity index (χ1v) is 7.66. The van der Waals surface area contributed by atoms with Crippen LogP contribution in [-0.2, 0) is 0 Å². The summed E-state index contributed by atoms with van der Waals surface area (Å²) < 4.78 is 0. The van der Waals surface area contributed by atoms with E-state index < -0.39 is 0 Å². The van der Waals surface area contributed by atoms with Crippen LogP contribution in [0.1, 0.15) is 75.6 Å². The fourth-order valence-electron chi connectivity index (χ4n) is 1.88. The Hall–Kier alpha value is -1.16. The second-order valence-corrected chi connectivity index (χ2v) is 5.86. The molecule has 1 N–H and O–H groups in total. The minimum atomic E-state index is -0.219. The van der Waals surface area contributed by atoms with Crippen LogP contribution in [0, 0.1) is 0 Å². The van der Waals surface area contributed by atoms with Gasteiger partial charge in [0.1, 0.15) is 11.5 Å². The number of amides is 1. The predicted octanol–water partition coefficient (Wildman–Crippen LogP) is 3.95. The highest BCUT2D eigenvalue weighted by atomic mass is 35.5. The molecule has 1 aromatic heterocycles. The lowest BCUT2D eigenvalue weighted by Crippen LogP contribution is -2.33. The first-order valence-electron chi connectivity index (χ1n) is 7.29. The van der Waals surface area contributed by atoms with E-state index in [1.165, 1.54) is 19.0 Å². The number of halogens is 1. The highest BCUT2D eigenvalue weighted by Gasteiger charge is 2.17. The third-order valence-corrected chi connectivity index (χ3v) is 3.39. The molecule has 0 radical (unpaired) electrons. The maximum Gasteiger partial charge on any atom is 0.271 e. The Morgan fingerprint density at radius 1 is 1.35 bits per heavy atom. The number of hydrogen-bond acceptors (Lipinski definition) is 3. The zero-order chi connectivity index (χ0) is 15.1. The van der Waals surface area contributed by atoms with Crippen LogP contribution in [0.4, 0.5) is 0 Å². The maximum atomic E-state index is 12.2. The molecule has 0 saturated carbocycles. The van der Waals surface area contributed by atoms with E-state index in [0.29, 0.717) is 10.8 Å². The summed E-state index contributed by atoms with van der Waals surface area (Å²) in [7, 11) is 0. The van der Waals surface area contributed by atoms with Gasteiger partial charge in [0, 0.05) is 12.0 Å². The molecule has 0 aromatic carbocycles. The van der Waals surface area contributed by atoms with Crippen molar-refractivity contribution in [2.24, 2.45) is 0 Å². The van der Waals surface area contributed by atoms with Gasteiger partial charge in [-0.25, -0.2) is 9.97 Å². The summed E-state index contributed by atoms with van der Waals surface area (Å²) in [6, 6.07) is 0.127. The molecule has 1 atom stereocenters. The summed E-state index contributed by atoms with van der Waals surface area (Å²) in [4.78, 5) is 20.6. The van der Waals surface area contributed by atoms with Gasteiger partial charge in [-0.3, -0.25) is 4.79 Å². The van der Waals surface area contributed by atoms with E-state index in [2.05, 4.69) is 22.2 Å². The number of unbranched alkanes of at least 4 members (excludes halogenated alkanes) is 2. The van der Waals surface area contributed by atoms with Crippen molar-refractivity contribution in [3.63, 3.8) is 0 Å². The van der Waals surface area contributed by atoms with Gasteiger partial charge in [0.25, 0.3) is 5.91 Å². The van der Waals surface area contributed by atoms with Crippen molar-refractivity contribution in [1.82, 2.24) is 15.3 Å². The molecule has 1 amide bonds. The zero-order valence-electron chi connectivity index (χ0n) is 12.7. The number of nitrogens with zero attached hydrogens (tertiary/aromatic N) is 2. The third kappa shape index (κ3) is 5.08. The van der Waals surface area contributed by atoms with Gasteiger partial charge in [-0.05, 0) is 13.3 Å². The highest BCUT2D eigenvalue weighted by Crippen LogP contribution is 2.16. The Bertz CT molecular complexity index is 449. The van der Waals surface area contributed by atoms with E-state index in [1.54, 1.807) is 0 Å². The fraction of sp³-hybridized carbons (Fsp3) is 0.667. The van der Waals surface area contributed by atoms with E-state index in [4.69, 9.17) is 11.6 Å². The van der Waals surface area contributed by atoms with Crippen LogP contribution < -0.4 is 5.32 Å². The summed E-state index contributed by atoms with van der Waals surface area (Å²) >= 11 is 6.02. The topological polar surface area (TPSA) is 54.9 Å². The molecule has 0 aliphatic heterocycles. The second kappa shape index (κ2) is 8.20. The molecule has 0 bridgehead atoms. The average molecular weight is 298 g/mol. The van der Waals surface area contributed by atoms with Crippen LogP contribution in [-0.4, -0.2) is 21.9 Å². The first-order chi connectivity index (χ1) is 9.45. The number of rotatable bonds is 7. The van der Waals surface area contributed by atoms with Crippen molar-refractivity contribution in [2.45, 2.75) is 65.3 Å². The lowest BCUT2D eigenvalue weighted by molar-refractivity contribution is 0.0932. The van der Waals surface area contributed by atoms with Crippen LogP contribution in [0.15, 0.2) is 6.20 Å². The molecule has 1 aromatic rings. The largest absolute Gasteiger partial charge is 0.348 e. The molecule has 1 rings (SSSR count). The molecule has 0 aliphatic carbocycles. The van der Waals surface area contributed by atoms with Gasteiger partial charge in [0.2, 0.25) is 0 Å². The van der Waals surface area contributed by atoms with E-state index in [0.717, 1.165) is 12.8 Å². The average Bonchev–Trinajstić information content (AvgIpc) is 2.39. The molecule has 5 heteroatoms. The van der Waals surface area contributed by atoms with Crippen molar-refractivity contribution in [3.8, 4) is 0 Å².